The van der Waals surface area contributed by atoms with E-state index in [2.05, 4.69) is 17.7 Å². The molecule has 112 valence electrons. The van der Waals surface area contributed by atoms with Crippen LogP contribution in [0.5, 0.6) is 0 Å². The fourth-order valence-corrected chi connectivity index (χ4v) is 3.04. The number of rotatable bonds is 7. The standard InChI is InChI=1S/C14H18N4O2S/c1-2-5-10(13-8-4-9-21-13)16-11-6-3-7-12(17-15)14(11)18(19)20/h3-4,6-10,16-17H,2,5,15H2,1H3. The molecule has 1 aromatic heterocycles. The molecule has 0 aliphatic heterocycles. The molecule has 21 heavy (non-hydrogen) atoms. The van der Waals surface area contributed by atoms with Crippen LogP contribution in [-0.2, 0) is 0 Å². The number of anilines is 2. The SMILES string of the molecule is CCCC(Nc1cccc(NN)c1[N+](=O)[O-])c1cccs1. The highest BCUT2D eigenvalue weighted by atomic mass is 32.1. The van der Waals surface area contributed by atoms with E-state index in [9.17, 15) is 10.1 Å². The minimum Gasteiger partial charge on any atom is -0.372 e. The fourth-order valence-electron chi connectivity index (χ4n) is 2.22. The number of benzene rings is 1. The zero-order chi connectivity index (χ0) is 15.2. The molecule has 2 rings (SSSR count). The average molecular weight is 306 g/mol. The van der Waals surface area contributed by atoms with Crippen molar-refractivity contribution in [2.75, 3.05) is 10.7 Å². The van der Waals surface area contributed by atoms with Gasteiger partial charge in [-0.2, -0.15) is 0 Å². The van der Waals surface area contributed by atoms with Gasteiger partial charge in [0.2, 0.25) is 0 Å². The van der Waals surface area contributed by atoms with Crippen molar-refractivity contribution >= 4 is 28.4 Å². The van der Waals surface area contributed by atoms with Crippen LogP contribution in [-0.4, -0.2) is 4.92 Å². The number of para-hydroxylation sites is 1. The van der Waals surface area contributed by atoms with Crippen molar-refractivity contribution in [3.05, 3.63) is 50.7 Å². The van der Waals surface area contributed by atoms with Gasteiger partial charge < -0.3 is 10.7 Å². The summed E-state index contributed by atoms with van der Waals surface area (Å²) in [4.78, 5) is 12.0. The van der Waals surface area contributed by atoms with Crippen LogP contribution in [0.4, 0.5) is 17.1 Å². The van der Waals surface area contributed by atoms with Crippen molar-refractivity contribution in [1.82, 2.24) is 0 Å². The van der Waals surface area contributed by atoms with Crippen LogP contribution in [0, 0.1) is 10.1 Å². The predicted molar refractivity (Wildman–Crippen MR) is 86.5 cm³/mol. The molecule has 1 atom stereocenters. The van der Waals surface area contributed by atoms with E-state index in [4.69, 9.17) is 5.84 Å². The number of hydrazine groups is 1. The molecular formula is C14H18N4O2S. The van der Waals surface area contributed by atoms with Crippen molar-refractivity contribution in [2.45, 2.75) is 25.8 Å². The summed E-state index contributed by atoms with van der Waals surface area (Å²) in [5.74, 6) is 5.36. The van der Waals surface area contributed by atoms with Crippen molar-refractivity contribution in [3.63, 3.8) is 0 Å². The van der Waals surface area contributed by atoms with Gasteiger partial charge in [-0.15, -0.1) is 11.3 Å². The van der Waals surface area contributed by atoms with E-state index in [0.717, 1.165) is 17.7 Å². The third-order valence-electron chi connectivity index (χ3n) is 3.17. The van der Waals surface area contributed by atoms with Gasteiger partial charge in [0.25, 0.3) is 0 Å². The molecular weight excluding hydrogens is 288 g/mol. The van der Waals surface area contributed by atoms with Gasteiger partial charge in [-0.1, -0.05) is 25.5 Å². The third-order valence-corrected chi connectivity index (χ3v) is 4.15. The van der Waals surface area contributed by atoms with E-state index in [0.29, 0.717) is 11.4 Å². The maximum absolute atomic E-state index is 11.3. The lowest BCUT2D eigenvalue weighted by atomic mass is 10.1. The Morgan fingerprint density at radius 1 is 1.33 bits per heavy atom. The zero-order valence-electron chi connectivity index (χ0n) is 11.7. The Bertz CT molecular complexity index is 601. The molecule has 0 saturated carbocycles. The summed E-state index contributed by atoms with van der Waals surface area (Å²) >= 11 is 1.64. The normalized spacial score (nSPS) is 11.9. The van der Waals surface area contributed by atoms with Crippen LogP contribution in [0.15, 0.2) is 35.7 Å². The second-order valence-electron chi connectivity index (χ2n) is 4.60. The van der Waals surface area contributed by atoms with Crippen LogP contribution >= 0.6 is 11.3 Å². The Hall–Kier alpha value is -2.12. The summed E-state index contributed by atoms with van der Waals surface area (Å²) in [6.45, 7) is 2.09. The molecule has 4 N–H and O–H groups in total. The van der Waals surface area contributed by atoms with E-state index >= 15 is 0 Å². The molecule has 0 amide bonds. The molecule has 0 aliphatic carbocycles. The third kappa shape index (κ3) is 3.50. The Kier molecular flexibility index (Phi) is 5.13. The van der Waals surface area contributed by atoms with Gasteiger partial charge in [0.15, 0.2) is 0 Å². The molecule has 0 saturated heterocycles. The van der Waals surface area contributed by atoms with Crippen molar-refractivity contribution in [1.29, 1.82) is 0 Å². The monoisotopic (exact) mass is 306 g/mol. The number of hydrogen-bond donors (Lipinski definition) is 3. The maximum Gasteiger partial charge on any atom is 0.316 e. The summed E-state index contributed by atoms with van der Waals surface area (Å²) in [5, 5.41) is 16.6. The maximum atomic E-state index is 11.3. The molecule has 7 heteroatoms. The highest BCUT2D eigenvalue weighted by molar-refractivity contribution is 7.10. The van der Waals surface area contributed by atoms with Crippen molar-refractivity contribution in [2.24, 2.45) is 5.84 Å². The number of nitrogens with one attached hydrogen (secondary N) is 2. The first-order valence-corrected chi connectivity index (χ1v) is 7.59. The van der Waals surface area contributed by atoms with E-state index in [-0.39, 0.29) is 11.7 Å². The summed E-state index contributed by atoms with van der Waals surface area (Å²) in [6, 6.07) is 9.10. The van der Waals surface area contributed by atoms with E-state index < -0.39 is 4.92 Å². The molecule has 0 bridgehead atoms. The lowest BCUT2D eigenvalue weighted by Gasteiger charge is -2.18. The topological polar surface area (TPSA) is 93.2 Å². The number of thiophene rings is 1. The first-order valence-electron chi connectivity index (χ1n) is 6.71. The van der Waals surface area contributed by atoms with Gasteiger partial charge in [-0.25, -0.2) is 0 Å². The van der Waals surface area contributed by atoms with Crippen LogP contribution in [0.2, 0.25) is 0 Å². The highest BCUT2D eigenvalue weighted by Crippen LogP contribution is 2.36. The molecule has 0 fully saturated rings. The number of nitrogens with two attached hydrogens (primary N) is 1. The quantitative estimate of drug-likeness (QED) is 0.410. The number of nitro benzene ring substituents is 1. The number of hydrogen-bond acceptors (Lipinski definition) is 6. The minimum atomic E-state index is -0.422. The molecule has 1 aromatic carbocycles. The Morgan fingerprint density at radius 2 is 2.10 bits per heavy atom. The second-order valence-corrected chi connectivity index (χ2v) is 5.58. The molecule has 6 nitrogen and oxygen atoms in total. The summed E-state index contributed by atoms with van der Waals surface area (Å²) in [6.07, 6.45) is 1.89. The second kappa shape index (κ2) is 7.05. The van der Waals surface area contributed by atoms with E-state index in [1.54, 1.807) is 29.5 Å². The molecule has 0 aliphatic rings. The Morgan fingerprint density at radius 3 is 2.67 bits per heavy atom. The zero-order valence-corrected chi connectivity index (χ0v) is 12.5. The van der Waals surface area contributed by atoms with Gasteiger partial charge in [-0.05, 0) is 30.0 Å². The van der Waals surface area contributed by atoms with Crippen molar-refractivity contribution < 1.29 is 4.92 Å². The van der Waals surface area contributed by atoms with E-state index in [1.165, 1.54) is 0 Å². The molecule has 2 aromatic rings. The first-order chi connectivity index (χ1) is 10.2. The lowest BCUT2D eigenvalue weighted by molar-refractivity contribution is -0.383. The molecule has 1 unspecified atom stereocenters. The lowest BCUT2D eigenvalue weighted by Crippen LogP contribution is -2.13. The largest absolute Gasteiger partial charge is 0.372 e. The van der Waals surface area contributed by atoms with Gasteiger partial charge in [0.1, 0.15) is 11.4 Å². The molecule has 0 spiro atoms. The summed E-state index contributed by atoms with van der Waals surface area (Å²) in [5.41, 5.74) is 3.12. The van der Waals surface area contributed by atoms with Crippen LogP contribution in [0.1, 0.15) is 30.7 Å². The average Bonchev–Trinajstić information content (AvgIpc) is 3.00. The molecule has 1 heterocycles. The van der Waals surface area contributed by atoms with Crippen LogP contribution in [0.3, 0.4) is 0 Å². The Labute approximate surface area is 127 Å². The van der Waals surface area contributed by atoms with E-state index in [1.807, 2.05) is 17.5 Å². The Balaban J connectivity index is 2.34. The van der Waals surface area contributed by atoms with Gasteiger partial charge in [0, 0.05) is 4.88 Å². The fraction of sp³-hybridized carbons (Fsp3) is 0.286. The minimum absolute atomic E-state index is 0.0299. The van der Waals surface area contributed by atoms with Crippen LogP contribution < -0.4 is 16.6 Å². The van der Waals surface area contributed by atoms with Gasteiger partial charge in [0.05, 0.1) is 11.0 Å². The number of nitro groups is 1. The highest BCUT2D eigenvalue weighted by Gasteiger charge is 2.22. The molecule has 0 radical (unpaired) electrons. The summed E-state index contributed by atoms with van der Waals surface area (Å²) in [7, 11) is 0. The first kappa shape index (κ1) is 15.3. The number of nitrogens with zero attached hydrogens (tertiary/aromatic N) is 1. The van der Waals surface area contributed by atoms with Gasteiger partial charge >= 0.3 is 5.69 Å². The van der Waals surface area contributed by atoms with Crippen LogP contribution in [0.25, 0.3) is 0 Å². The smallest absolute Gasteiger partial charge is 0.316 e. The summed E-state index contributed by atoms with van der Waals surface area (Å²) < 4.78 is 0. The van der Waals surface area contributed by atoms with Gasteiger partial charge in [-0.3, -0.25) is 16.0 Å². The number of nitrogen functional groups attached to an aromatic ring is 1. The predicted octanol–water partition coefficient (Wildman–Crippen LogP) is 3.90. The van der Waals surface area contributed by atoms with Crippen molar-refractivity contribution in [3.8, 4) is 0 Å².